The fourth-order valence-electron chi connectivity index (χ4n) is 1.20. The molecule has 0 radical (unpaired) electrons. The fourth-order valence-corrected chi connectivity index (χ4v) is 3.28. The Morgan fingerprint density at radius 2 is 2.25 bits per heavy atom. The summed E-state index contributed by atoms with van der Waals surface area (Å²) in [5, 5.41) is -0.550. The van der Waals surface area contributed by atoms with Gasteiger partial charge in [-0.3, -0.25) is 0 Å². The highest BCUT2D eigenvalue weighted by molar-refractivity contribution is 7.89. The van der Waals surface area contributed by atoms with Crippen molar-refractivity contribution in [2.45, 2.75) is 25.6 Å². The van der Waals surface area contributed by atoms with Crippen LogP contribution in [-0.2, 0) is 16.6 Å². The minimum atomic E-state index is -3.29. The van der Waals surface area contributed by atoms with Crippen LogP contribution in [0, 0.1) is 6.92 Å². The van der Waals surface area contributed by atoms with Crippen LogP contribution in [0.3, 0.4) is 0 Å². The topological polar surface area (TPSA) is 76.3 Å². The summed E-state index contributed by atoms with van der Waals surface area (Å²) in [6.07, 6.45) is 0. The van der Waals surface area contributed by atoms with Gasteiger partial charge in [-0.15, -0.1) is 11.3 Å². The highest BCUT2D eigenvalue weighted by Gasteiger charge is 2.25. The molecule has 7 heteroatoms. The van der Waals surface area contributed by atoms with Gasteiger partial charge in [0.25, 0.3) is 0 Å². The van der Waals surface area contributed by atoms with Crippen molar-refractivity contribution in [1.82, 2.24) is 9.29 Å². The van der Waals surface area contributed by atoms with Gasteiger partial charge in [-0.05, 0) is 13.8 Å². The van der Waals surface area contributed by atoms with E-state index >= 15 is 0 Å². The molecule has 1 aromatic heterocycles. The summed E-state index contributed by atoms with van der Waals surface area (Å²) in [5.74, 6) is 0. The second-order valence-corrected chi connectivity index (χ2v) is 7.11. The van der Waals surface area contributed by atoms with Crippen molar-refractivity contribution >= 4 is 21.4 Å². The molecule has 0 amide bonds. The number of thiazole rings is 1. The lowest BCUT2D eigenvalue weighted by molar-refractivity contribution is 0.459. The number of aromatic nitrogens is 1. The molecule has 16 heavy (non-hydrogen) atoms. The normalized spacial score (nSPS) is 14.3. The van der Waals surface area contributed by atoms with E-state index in [1.807, 2.05) is 6.92 Å². The SMILES string of the molecule is Cc1ncsc1CN(C)S(=O)(=O)C(C)CN. The van der Waals surface area contributed by atoms with Crippen molar-refractivity contribution in [3.8, 4) is 0 Å². The Morgan fingerprint density at radius 3 is 2.69 bits per heavy atom. The van der Waals surface area contributed by atoms with Crippen LogP contribution in [0.25, 0.3) is 0 Å². The zero-order valence-corrected chi connectivity index (χ0v) is 11.3. The molecule has 0 aliphatic heterocycles. The third-order valence-electron chi connectivity index (χ3n) is 2.49. The zero-order chi connectivity index (χ0) is 12.3. The predicted octanol–water partition coefficient (Wildman–Crippen LogP) is 0.560. The van der Waals surface area contributed by atoms with E-state index < -0.39 is 15.3 Å². The number of rotatable bonds is 5. The van der Waals surface area contributed by atoms with Crippen LogP contribution in [0.2, 0.25) is 0 Å². The first-order valence-corrected chi connectivity index (χ1v) is 7.32. The third kappa shape index (κ3) is 2.79. The largest absolute Gasteiger partial charge is 0.329 e. The minimum absolute atomic E-state index is 0.133. The molecule has 1 atom stereocenters. The summed E-state index contributed by atoms with van der Waals surface area (Å²) >= 11 is 1.46. The lowest BCUT2D eigenvalue weighted by Gasteiger charge is -2.20. The number of hydrogen-bond acceptors (Lipinski definition) is 5. The third-order valence-corrected chi connectivity index (χ3v) is 5.61. The molecule has 1 heterocycles. The van der Waals surface area contributed by atoms with Gasteiger partial charge >= 0.3 is 0 Å². The highest BCUT2D eigenvalue weighted by Crippen LogP contribution is 2.17. The minimum Gasteiger partial charge on any atom is -0.329 e. The van der Waals surface area contributed by atoms with Crippen LogP contribution in [0.1, 0.15) is 17.5 Å². The molecule has 0 spiro atoms. The molecule has 1 unspecified atom stereocenters. The van der Waals surface area contributed by atoms with Gasteiger partial charge < -0.3 is 5.73 Å². The fraction of sp³-hybridized carbons (Fsp3) is 0.667. The second-order valence-electron chi connectivity index (χ2n) is 3.71. The van der Waals surface area contributed by atoms with Gasteiger partial charge in [-0.1, -0.05) is 0 Å². The molecule has 0 aliphatic carbocycles. The first-order chi connectivity index (χ1) is 7.39. The molecule has 0 aliphatic rings. The number of nitrogens with two attached hydrogens (primary N) is 1. The standard InChI is InChI=1S/C9H17N3O2S2/c1-7(4-10)16(13,14)12(3)5-9-8(2)11-6-15-9/h6-7H,4-5,10H2,1-3H3. The quantitative estimate of drug-likeness (QED) is 0.842. The van der Waals surface area contributed by atoms with Crippen LogP contribution in [-0.4, -0.2) is 36.5 Å². The predicted molar refractivity (Wildman–Crippen MR) is 65.8 cm³/mol. The average molecular weight is 263 g/mol. The lowest BCUT2D eigenvalue weighted by atomic mass is 10.4. The zero-order valence-electron chi connectivity index (χ0n) is 9.67. The van der Waals surface area contributed by atoms with E-state index in [2.05, 4.69) is 4.98 Å². The maximum atomic E-state index is 11.9. The van der Waals surface area contributed by atoms with E-state index in [1.54, 1.807) is 19.5 Å². The highest BCUT2D eigenvalue weighted by atomic mass is 32.2. The van der Waals surface area contributed by atoms with Gasteiger partial charge in [0.1, 0.15) is 0 Å². The maximum absolute atomic E-state index is 11.9. The Bertz CT molecular complexity index is 441. The van der Waals surface area contributed by atoms with Crippen molar-refractivity contribution in [1.29, 1.82) is 0 Å². The van der Waals surface area contributed by atoms with Crippen molar-refractivity contribution in [3.63, 3.8) is 0 Å². The Morgan fingerprint density at radius 1 is 1.62 bits per heavy atom. The van der Waals surface area contributed by atoms with E-state index in [0.717, 1.165) is 10.6 Å². The summed E-state index contributed by atoms with van der Waals surface area (Å²) in [5.41, 5.74) is 7.99. The smallest absolute Gasteiger partial charge is 0.218 e. The molecule has 0 aromatic carbocycles. The van der Waals surface area contributed by atoms with E-state index in [-0.39, 0.29) is 6.54 Å². The van der Waals surface area contributed by atoms with Crippen molar-refractivity contribution < 1.29 is 8.42 Å². The first-order valence-electron chi connectivity index (χ1n) is 4.93. The first kappa shape index (κ1) is 13.6. The van der Waals surface area contributed by atoms with Gasteiger partial charge in [0.05, 0.1) is 16.5 Å². The molecule has 1 rings (SSSR count). The van der Waals surface area contributed by atoms with Crippen molar-refractivity contribution in [2.75, 3.05) is 13.6 Å². The molecular formula is C9H17N3O2S2. The average Bonchev–Trinajstić information content (AvgIpc) is 2.63. The number of aryl methyl sites for hydroxylation is 1. The summed E-state index contributed by atoms with van der Waals surface area (Å²) in [6, 6.07) is 0. The van der Waals surface area contributed by atoms with Gasteiger partial charge in [0.2, 0.25) is 10.0 Å². The van der Waals surface area contributed by atoms with Crippen molar-refractivity contribution in [3.05, 3.63) is 16.1 Å². The molecule has 5 nitrogen and oxygen atoms in total. The Kier molecular flexibility index (Phi) is 4.43. The van der Waals surface area contributed by atoms with Gasteiger partial charge in [0, 0.05) is 25.0 Å². The Balaban J connectivity index is 2.80. The molecule has 2 N–H and O–H groups in total. The molecule has 92 valence electrons. The van der Waals surface area contributed by atoms with Crippen LogP contribution in [0.15, 0.2) is 5.51 Å². The molecular weight excluding hydrogens is 246 g/mol. The van der Waals surface area contributed by atoms with E-state index in [1.165, 1.54) is 15.6 Å². The maximum Gasteiger partial charge on any atom is 0.218 e. The van der Waals surface area contributed by atoms with Gasteiger partial charge in [-0.25, -0.2) is 13.4 Å². The molecule has 0 bridgehead atoms. The Hall–Kier alpha value is -0.500. The second kappa shape index (κ2) is 5.22. The molecule has 0 fully saturated rings. The van der Waals surface area contributed by atoms with E-state index in [0.29, 0.717) is 6.54 Å². The summed E-state index contributed by atoms with van der Waals surface area (Å²) < 4.78 is 25.2. The Labute approximate surface area is 100 Å². The van der Waals surface area contributed by atoms with Crippen LogP contribution in [0.5, 0.6) is 0 Å². The number of nitrogens with zero attached hydrogens (tertiary/aromatic N) is 2. The lowest BCUT2D eigenvalue weighted by Crippen LogP contribution is -2.38. The van der Waals surface area contributed by atoms with Gasteiger partial charge in [0.15, 0.2) is 0 Å². The summed E-state index contributed by atoms with van der Waals surface area (Å²) in [6.45, 7) is 3.99. The van der Waals surface area contributed by atoms with E-state index in [4.69, 9.17) is 5.73 Å². The van der Waals surface area contributed by atoms with Crippen LogP contribution in [0.4, 0.5) is 0 Å². The van der Waals surface area contributed by atoms with Crippen LogP contribution >= 0.6 is 11.3 Å². The summed E-state index contributed by atoms with van der Waals surface area (Å²) in [4.78, 5) is 5.06. The van der Waals surface area contributed by atoms with E-state index in [9.17, 15) is 8.42 Å². The number of hydrogen-bond donors (Lipinski definition) is 1. The van der Waals surface area contributed by atoms with Gasteiger partial charge in [-0.2, -0.15) is 4.31 Å². The van der Waals surface area contributed by atoms with Crippen molar-refractivity contribution in [2.24, 2.45) is 5.73 Å². The summed E-state index contributed by atoms with van der Waals surface area (Å²) in [7, 11) is -1.72. The molecule has 1 aromatic rings. The van der Waals surface area contributed by atoms with Crippen LogP contribution < -0.4 is 5.73 Å². The monoisotopic (exact) mass is 263 g/mol. The molecule has 0 saturated carbocycles. The number of sulfonamides is 1. The molecule has 0 saturated heterocycles.